The van der Waals surface area contributed by atoms with Gasteiger partial charge in [-0.05, 0) is 18.6 Å². The molecule has 0 saturated carbocycles. The van der Waals surface area contributed by atoms with Crippen LogP contribution in [-0.4, -0.2) is 11.4 Å². The molecule has 0 aromatic carbocycles. The van der Waals surface area contributed by atoms with Crippen LogP contribution in [0.2, 0.25) is 0 Å². The third-order valence-electron chi connectivity index (χ3n) is 3.92. The summed E-state index contributed by atoms with van der Waals surface area (Å²) in [6, 6.07) is 3.29. The molecule has 0 aliphatic heterocycles. The van der Waals surface area contributed by atoms with E-state index in [-0.39, 0.29) is 5.76 Å². The fraction of sp³-hybridized carbons (Fsp3) is 0.722. The second-order valence-corrected chi connectivity index (χ2v) is 5.84. The number of aliphatic hydroxyl groups excluding tert-OH is 1. The van der Waals surface area contributed by atoms with E-state index in [4.69, 9.17) is 4.42 Å². The predicted octanol–water partition coefficient (Wildman–Crippen LogP) is 5.44. The van der Waals surface area contributed by atoms with Crippen LogP contribution in [0.4, 0.5) is 0 Å². The number of carbonyl (C=O) groups excluding carboxylic acids is 1. The summed E-state index contributed by atoms with van der Waals surface area (Å²) in [5, 5.41) is 9.94. The summed E-state index contributed by atoms with van der Waals surface area (Å²) in [5.74, 6) is 0.792. The molecule has 1 heterocycles. The van der Waals surface area contributed by atoms with Crippen molar-refractivity contribution in [3.63, 3.8) is 0 Å². The number of rotatable bonds is 13. The number of aliphatic hydroxyl groups is 1. The van der Waals surface area contributed by atoms with Gasteiger partial charge in [0.15, 0.2) is 12.0 Å². The first-order chi connectivity index (χ1) is 10.3. The number of aldehydes is 1. The Balaban J connectivity index is 1.95. The van der Waals surface area contributed by atoms with E-state index in [9.17, 15) is 9.90 Å². The molecule has 1 unspecified atom stereocenters. The first kappa shape index (κ1) is 18.0. The first-order valence-corrected chi connectivity index (χ1v) is 8.51. The molecule has 3 nitrogen and oxygen atoms in total. The van der Waals surface area contributed by atoms with Crippen molar-refractivity contribution < 1.29 is 14.3 Å². The van der Waals surface area contributed by atoms with Gasteiger partial charge in [-0.15, -0.1) is 0 Å². The molecule has 0 saturated heterocycles. The Labute approximate surface area is 128 Å². The molecule has 0 aliphatic rings. The van der Waals surface area contributed by atoms with Crippen molar-refractivity contribution in [2.45, 2.75) is 83.7 Å². The third-order valence-corrected chi connectivity index (χ3v) is 3.92. The predicted molar refractivity (Wildman–Crippen MR) is 85.5 cm³/mol. The number of hydrogen-bond acceptors (Lipinski definition) is 3. The van der Waals surface area contributed by atoms with Crippen molar-refractivity contribution in [2.24, 2.45) is 0 Å². The summed E-state index contributed by atoms with van der Waals surface area (Å²) in [6.07, 6.45) is 13.7. The number of carbonyl (C=O) groups is 1. The van der Waals surface area contributed by atoms with Crippen molar-refractivity contribution >= 4 is 6.29 Å². The van der Waals surface area contributed by atoms with Gasteiger partial charge in [0.1, 0.15) is 11.9 Å². The lowest BCUT2D eigenvalue weighted by atomic mass is 10.0. The van der Waals surface area contributed by atoms with Crippen LogP contribution in [0, 0.1) is 0 Å². The zero-order valence-electron chi connectivity index (χ0n) is 13.4. The lowest BCUT2D eigenvalue weighted by Gasteiger charge is -2.07. The zero-order chi connectivity index (χ0) is 15.3. The minimum absolute atomic E-state index is 0.284. The van der Waals surface area contributed by atoms with E-state index in [0.717, 1.165) is 12.8 Å². The zero-order valence-corrected chi connectivity index (χ0v) is 13.4. The molecule has 21 heavy (non-hydrogen) atoms. The molecule has 0 radical (unpaired) electrons. The molecule has 0 aliphatic carbocycles. The Hall–Kier alpha value is -1.09. The minimum atomic E-state index is -0.576. The van der Waals surface area contributed by atoms with Crippen molar-refractivity contribution in [1.29, 1.82) is 0 Å². The van der Waals surface area contributed by atoms with Gasteiger partial charge in [-0.3, -0.25) is 4.79 Å². The first-order valence-electron chi connectivity index (χ1n) is 8.51. The maximum atomic E-state index is 10.5. The van der Waals surface area contributed by atoms with Gasteiger partial charge >= 0.3 is 0 Å². The van der Waals surface area contributed by atoms with Crippen LogP contribution >= 0.6 is 0 Å². The van der Waals surface area contributed by atoms with Crippen molar-refractivity contribution in [3.05, 3.63) is 23.7 Å². The van der Waals surface area contributed by atoms with E-state index in [0.29, 0.717) is 18.5 Å². The minimum Gasteiger partial charge on any atom is -0.456 e. The number of hydrogen-bond donors (Lipinski definition) is 1. The lowest BCUT2D eigenvalue weighted by molar-refractivity contribution is 0.107. The summed E-state index contributed by atoms with van der Waals surface area (Å²) in [4.78, 5) is 10.5. The smallest absolute Gasteiger partial charge is 0.185 e. The summed E-state index contributed by atoms with van der Waals surface area (Å²) in [7, 11) is 0. The summed E-state index contributed by atoms with van der Waals surface area (Å²) < 4.78 is 5.22. The van der Waals surface area contributed by atoms with Gasteiger partial charge in [-0.1, -0.05) is 71.1 Å². The van der Waals surface area contributed by atoms with E-state index in [1.807, 2.05) is 0 Å². The fourth-order valence-electron chi connectivity index (χ4n) is 2.58. The largest absolute Gasteiger partial charge is 0.456 e. The number of unbranched alkanes of at least 4 members (excludes halogenated alkanes) is 9. The molecule has 0 amide bonds. The Morgan fingerprint density at radius 1 is 1.00 bits per heavy atom. The van der Waals surface area contributed by atoms with Crippen LogP contribution in [0.25, 0.3) is 0 Å². The Morgan fingerprint density at radius 2 is 1.57 bits per heavy atom. The molecule has 1 aromatic heterocycles. The average molecular weight is 294 g/mol. The SMILES string of the molecule is CCCCCCCCCCCCC(O)c1ccc(C=O)o1. The van der Waals surface area contributed by atoms with Crippen LogP contribution in [0.15, 0.2) is 16.5 Å². The monoisotopic (exact) mass is 294 g/mol. The van der Waals surface area contributed by atoms with Crippen LogP contribution in [-0.2, 0) is 0 Å². The Kier molecular flexibility index (Phi) is 9.88. The second kappa shape index (κ2) is 11.6. The molecule has 0 bridgehead atoms. The number of furan rings is 1. The van der Waals surface area contributed by atoms with Crippen molar-refractivity contribution in [3.8, 4) is 0 Å². The lowest BCUT2D eigenvalue weighted by Crippen LogP contribution is -1.95. The Bertz CT molecular complexity index is 370. The van der Waals surface area contributed by atoms with E-state index in [2.05, 4.69) is 6.92 Å². The van der Waals surface area contributed by atoms with Crippen LogP contribution in [0.1, 0.15) is 100.0 Å². The molecule has 0 spiro atoms. The van der Waals surface area contributed by atoms with Crippen molar-refractivity contribution in [2.75, 3.05) is 0 Å². The topological polar surface area (TPSA) is 50.4 Å². The summed E-state index contributed by atoms with van der Waals surface area (Å²) in [6.45, 7) is 2.25. The Morgan fingerprint density at radius 3 is 2.10 bits per heavy atom. The van der Waals surface area contributed by atoms with Crippen LogP contribution in [0.3, 0.4) is 0 Å². The van der Waals surface area contributed by atoms with E-state index >= 15 is 0 Å². The molecule has 3 heteroatoms. The highest BCUT2D eigenvalue weighted by molar-refractivity contribution is 5.70. The highest BCUT2D eigenvalue weighted by Crippen LogP contribution is 2.22. The molecule has 120 valence electrons. The van der Waals surface area contributed by atoms with Gasteiger partial charge in [0.25, 0.3) is 0 Å². The van der Waals surface area contributed by atoms with E-state index in [1.54, 1.807) is 12.1 Å². The molecule has 1 rings (SSSR count). The van der Waals surface area contributed by atoms with E-state index < -0.39 is 6.10 Å². The van der Waals surface area contributed by atoms with Gasteiger partial charge in [-0.25, -0.2) is 0 Å². The molecule has 1 N–H and O–H groups in total. The molecular formula is C18H30O3. The van der Waals surface area contributed by atoms with Gasteiger partial charge in [-0.2, -0.15) is 0 Å². The van der Waals surface area contributed by atoms with Crippen molar-refractivity contribution in [1.82, 2.24) is 0 Å². The third kappa shape index (κ3) is 8.05. The van der Waals surface area contributed by atoms with Gasteiger partial charge in [0.2, 0.25) is 0 Å². The fourth-order valence-corrected chi connectivity index (χ4v) is 2.58. The molecular weight excluding hydrogens is 264 g/mol. The molecule has 1 aromatic rings. The summed E-state index contributed by atoms with van der Waals surface area (Å²) >= 11 is 0. The highest BCUT2D eigenvalue weighted by atomic mass is 16.4. The summed E-state index contributed by atoms with van der Waals surface area (Å²) in [5.41, 5.74) is 0. The van der Waals surface area contributed by atoms with Crippen LogP contribution < -0.4 is 0 Å². The van der Waals surface area contributed by atoms with Gasteiger partial charge in [0.05, 0.1) is 0 Å². The van der Waals surface area contributed by atoms with Crippen LogP contribution in [0.5, 0.6) is 0 Å². The van der Waals surface area contributed by atoms with Gasteiger partial charge in [0, 0.05) is 0 Å². The maximum Gasteiger partial charge on any atom is 0.185 e. The maximum absolute atomic E-state index is 10.5. The molecule has 0 fully saturated rings. The quantitative estimate of drug-likeness (QED) is 0.389. The molecule has 1 atom stereocenters. The average Bonchev–Trinajstić information content (AvgIpc) is 2.98. The second-order valence-electron chi connectivity index (χ2n) is 5.84. The van der Waals surface area contributed by atoms with Gasteiger partial charge < -0.3 is 9.52 Å². The highest BCUT2D eigenvalue weighted by Gasteiger charge is 2.11. The van der Waals surface area contributed by atoms with E-state index in [1.165, 1.54) is 51.4 Å². The standard InChI is InChI=1S/C18H30O3/c1-2-3-4-5-6-7-8-9-10-11-12-17(20)18-14-13-16(15-19)21-18/h13-15,17,20H,2-12H2,1H3. The normalized spacial score (nSPS) is 12.5.